The fraction of sp³-hybridized carbons (Fsp3) is 0.351. The minimum absolute atomic E-state index is 0.00123. The van der Waals surface area contributed by atoms with Gasteiger partial charge >= 0.3 is 0 Å². The van der Waals surface area contributed by atoms with Gasteiger partial charge in [-0.3, -0.25) is 18.9 Å². The Hall–Kier alpha value is -5.19. The van der Waals surface area contributed by atoms with Gasteiger partial charge in [0.2, 0.25) is 15.9 Å². The summed E-state index contributed by atoms with van der Waals surface area (Å²) < 4.78 is 130. The van der Waals surface area contributed by atoms with E-state index in [0.29, 0.717) is 16.3 Å². The summed E-state index contributed by atoms with van der Waals surface area (Å²) in [6.07, 6.45) is -2.69. The van der Waals surface area contributed by atoms with Gasteiger partial charge in [-0.1, -0.05) is 23.6 Å². The minimum Gasteiger partial charge on any atom is -0.375 e. The molecule has 57 heavy (non-hydrogen) atoms. The average Bonchev–Trinajstić information content (AvgIpc) is 3.65. The van der Waals surface area contributed by atoms with Crippen LogP contribution in [-0.2, 0) is 40.8 Å². The third-order valence-corrected chi connectivity index (χ3v) is 10.5. The zero-order valence-electron chi connectivity index (χ0n) is 30.0. The normalized spacial score (nSPS) is 18.4. The van der Waals surface area contributed by atoms with Crippen molar-refractivity contribution in [3.63, 3.8) is 0 Å². The number of fused-ring (bicyclic) bond motifs is 4. The Balaban J connectivity index is 1.39. The number of halogens is 8. The topological polar surface area (TPSA) is 144 Å². The number of aryl methyl sites for hydroxylation is 1. The predicted octanol–water partition coefficient (Wildman–Crippen LogP) is 6.45. The van der Waals surface area contributed by atoms with Crippen LogP contribution in [0.4, 0.5) is 36.6 Å². The lowest BCUT2D eigenvalue weighted by molar-refractivity contribution is -0.123. The fourth-order valence-electron chi connectivity index (χ4n) is 7.25. The highest BCUT2D eigenvalue weighted by Crippen LogP contribution is 2.68. The van der Waals surface area contributed by atoms with Gasteiger partial charge in [-0.2, -0.15) is 19.0 Å². The van der Waals surface area contributed by atoms with Crippen molar-refractivity contribution in [1.29, 1.82) is 0 Å². The highest BCUT2D eigenvalue weighted by molar-refractivity contribution is 7.92. The lowest BCUT2D eigenvalue weighted by Gasteiger charge is -2.23. The Labute approximate surface area is 325 Å². The van der Waals surface area contributed by atoms with Crippen LogP contribution in [0.3, 0.4) is 0 Å². The molecular formula is C37H31ClF7N7O4S. The van der Waals surface area contributed by atoms with Gasteiger partial charge in [0.25, 0.3) is 12.3 Å². The molecule has 1 fully saturated rings. The number of rotatable bonds is 11. The zero-order valence-corrected chi connectivity index (χ0v) is 31.6. The number of nitrogens with zero attached hydrogens (tertiary/aromatic N) is 5. The zero-order chi connectivity index (χ0) is 41.4. The Morgan fingerprint density at radius 1 is 1.11 bits per heavy atom. The first-order valence-electron chi connectivity index (χ1n) is 17.1. The number of carbonyl (C=O) groups excluding carboxylic acids is 1. The predicted molar refractivity (Wildman–Crippen MR) is 194 cm³/mol. The summed E-state index contributed by atoms with van der Waals surface area (Å²) in [5.74, 6) is -3.72. The molecule has 2 aliphatic carbocycles. The molecule has 7 rings (SSSR count). The number of amides is 1. The lowest BCUT2D eigenvalue weighted by atomic mass is 9.93. The maximum absolute atomic E-state index is 15.4. The Kier molecular flexibility index (Phi) is 10.1. The van der Waals surface area contributed by atoms with Gasteiger partial charge in [0.1, 0.15) is 41.9 Å². The Morgan fingerprint density at radius 3 is 2.44 bits per heavy atom. The number of hydrogen-bond donors (Lipinski definition) is 3. The standard InChI is InChI=1S/C37H31ClF7N7O4S/c1-36(54,16-39)9-8-20-4-5-21(22-6-7-25(38)29-32(22)51(2)49-35(29)50-57(3,55)56)30(46-20)26(12-17-10-18(40)13-19(41)11-17)47-27(53)15-52-33-28(31(48-52)34(42)43)23-14-24(23)37(33,44)45/h4-7,10-11,13,23-24,26,34,54H,12,14-16H2,1-3H3,(H,47,53)(H,49,50)/t23-,24?,26-,36?/m0/s1. The third kappa shape index (κ3) is 7.77. The average molecular weight is 838 g/mol. The van der Waals surface area contributed by atoms with E-state index >= 15 is 8.78 Å². The number of aromatic nitrogens is 5. The summed E-state index contributed by atoms with van der Waals surface area (Å²) in [6, 6.07) is 7.02. The van der Waals surface area contributed by atoms with Gasteiger partial charge in [0.05, 0.1) is 33.9 Å². The van der Waals surface area contributed by atoms with Crippen LogP contribution in [0.25, 0.3) is 22.0 Å². The second-order valence-electron chi connectivity index (χ2n) is 14.2. The number of sulfonamides is 1. The van der Waals surface area contributed by atoms with E-state index in [1.807, 2.05) is 0 Å². The van der Waals surface area contributed by atoms with Crippen LogP contribution in [-0.4, -0.2) is 62.5 Å². The number of nitrogens with one attached hydrogen (secondary N) is 2. The number of aliphatic hydroxyl groups is 1. The fourth-order valence-corrected chi connectivity index (χ4v) is 7.98. The largest absolute Gasteiger partial charge is 0.375 e. The Morgan fingerprint density at radius 2 is 1.79 bits per heavy atom. The van der Waals surface area contributed by atoms with E-state index in [2.05, 4.69) is 37.1 Å². The number of pyridine rings is 1. The maximum Gasteiger partial charge on any atom is 0.293 e. The molecule has 2 aromatic carbocycles. The molecule has 300 valence electrons. The molecular weight excluding hydrogens is 807 g/mol. The molecule has 3 heterocycles. The molecule has 4 atom stereocenters. The molecule has 1 saturated carbocycles. The summed E-state index contributed by atoms with van der Waals surface area (Å²) >= 11 is 6.55. The summed E-state index contributed by atoms with van der Waals surface area (Å²) in [7, 11) is -2.36. The monoisotopic (exact) mass is 837 g/mol. The van der Waals surface area contributed by atoms with Crippen molar-refractivity contribution in [2.24, 2.45) is 13.0 Å². The molecule has 0 bridgehead atoms. The minimum atomic E-state index is -3.86. The number of benzene rings is 2. The van der Waals surface area contributed by atoms with Gasteiger partial charge in [-0.15, -0.1) is 0 Å². The van der Waals surface area contributed by atoms with E-state index in [-0.39, 0.29) is 56.2 Å². The SMILES string of the molecule is Cn1nc(NS(C)(=O)=O)c2c(Cl)ccc(-c3ccc(C#CC(C)(O)CF)nc3[C@H](Cc3cc(F)cc(F)c3)NC(=O)Cn3nc(C(F)F)c4c3C(F)(F)C3C[C@H]43)c21. The molecule has 11 nitrogen and oxygen atoms in total. The van der Waals surface area contributed by atoms with Crippen molar-refractivity contribution in [3.8, 4) is 23.0 Å². The van der Waals surface area contributed by atoms with Crippen LogP contribution in [0.15, 0.2) is 42.5 Å². The van der Waals surface area contributed by atoms with E-state index in [4.69, 9.17) is 11.6 Å². The molecule has 20 heteroatoms. The third-order valence-electron chi connectivity index (χ3n) is 9.64. The van der Waals surface area contributed by atoms with Crippen molar-refractivity contribution in [2.45, 2.75) is 56.2 Å². The van der Waals surface area contributed by atoms with Crippen molar-refractivity contribution < 1.29 is 49.1 Å². The molecule has 0 radical (unpaired) electrons. The van der Waals surface area contributed by atoms with E-state index in [9.17, 15) is 40.3 Å². The van der Waals surface area contributed by atoms with Crippen LogP contribution >= 0.6 is 11.6 Å². The van der Waals surface area contributed by atoms with Gasteiger partial charge in [0, 0.05) is 35.7 Å². The van der Waals surface area contributed by atoms with Gasteiger partial charge in [-0.05, 0) is 67.5 Å². The summed E-state index contributed by atoms with van der Waals surface area (Å²) in [4.78, 5) is 18.5. The highest BCUT2D eigenvalue weighted by Gasteiger charge is 2.67. The van der Waals surface area contributed by atoms with Crippen LogP contribution in [0.1, 0.15) is 65.6 Å². The van der Waals surface area contributed by atoms with Crippen LogP contribution in [0.2, 0.25) is 5.02 Å². The first-order chi connectivity index (χ1) is 26.7. The maximum atomic E-state index is 15.4. The summed E-state index contributed by atoms with van der Waals surface area (Å²) in [5.41, 5.74) is -3.40. The smallest absolute Gasteiger partial charge is 0.293 e. The second kappa shape index (κ2) is 14.3. The first kappa shape index (κ1) is 40.0. The van der Waals surface area contributed by atoms with Crippen molar-refractivity contribution in [3.05, 3.63) is 93.0 Å². The molecule has 3 N–H and O–H groups in total. The van der Waals surface area contributed by atoms with Gasteiger partial charge < -0.3 is 10.4 Å². The van der Waals surface area contributed by atoms with Gasteiger partial charge in [0.15, 0.2) is 11.4 Å². The van der Waals surface area contributed by atoms with E-state index in [1.165, 1.54) is 36.0 Å². The number of hydrogen-bond acceptors (Lipinski definition) is 7. The highest BCUT2D eigenvalue weighted by atomic mass is 35.5. The van der Waals surface area contributed by atoms with Crippen LogP contribution in [0.5, 0.6) is 0 Å². The van der Waals surface area contributed by atoms with E-state index < -0.39 is 94.4 Å². The molecule has 2 aliphatic rings. The van der Waals surface area contributed by atoms with Crippen LogP contribution < -0.4 is 10.0 Å². The van der Waals surface area contributed by atoms with Crippen molar-refractivity contribution in [1.82, 2.24) is 29.9 Å². The molecule has 0 aliphatic heterocycles. The van der Waals surface area contributed by atoms with Crippen LogP contribution in [0, 0.1) is 29.4 Å². The summed E-state index contributed by atoms with van der Waals surface area (Å²) in [5, 5.41) is 21.1. The Bertz CT molecular complexity index is 2620. The second-order valence-corrected chi connectivity index (χ2v) is 16.4. The molecule has 0 spiro atoms. The van der Waals surface area contributed by atoms with Crippen molar-refractivity contribution >= 4 is 44.3 Å². The molecule has 2 unspecified atom stereocenters. The summed E-state index contributed by atoms with van der Waals surface area (Å²) in [6.45, 7) is -1.09. The molecule has 0 saturated heterocycles. The molecule has 5 aromatic rings. The van der Waals surface area contributed by atoms with Gasteiger partial charge in [-0.25, -0.2) is 35.4 Å². The quantitative estimate of drug-likeness (QED) is 0.103. The lowest BCUT2D eigenvalue weighted by Crippen LogP contribution is -2.35. The van der Waals surface area contributed by atoms with Crippen molar-refractivity contribution in [2.75, 3.05) is 17.7 Å². The number of alkyl halides is 5. The number of anilines is 1. The van der Waals surface area contributed by atoms with E-state index in [1.54, 1.807) is 0 Å². The number of carbonyl (C=O) groups is 1. The van der Waals surface area contributed by atoms with E-state index in [0.717, 1.165) is 25.3 Å². The first-order valence-corrected chi connectivity index (χ1v) is 19.4. The molecule has 3 aromatic heterocycles. The molecule has 1 amide bonds.